The maximum Gasteiger partial charge on any atom is 0.199 e. The van der Waals surface area contributed by atoms with Crippen molar-refractivity contribution < 1.29 is 4.79 Å². The lowest BCUT2D eigenvalue weighted by atomic mass is 10.1. The van der Waals surface area contributed by atoms with Crippen LogP contribution in [0.4, 0.5) is 0 Å². The van der Waals surface area contributed by atoms with Crippen LogP contribution in [0.2, 0.25) is 20.6 Å². The van der Waals surface area contributed by atoms with Crippen molar-refractivity contribution in [2.75, 3.05) is 0 Å². The van der Waals surface area contributed by atoms with E-state index in [2.05, 4.69) is 9.97 Å². The number of aromatic nitrogens is 2. The zero-order valence-corrected chi connectivity index (χ0v) is 11.6. The Morgan fingerprint density at radius 2 is 1.17 bits per heavy atom. The minimum absolute atomic E-state index is 0.0125. The molecule has 2 rings (SSSR count). The molecule has 0 N–H and O–H groups in total. The van der Waals surface area contributed by atoms with E-state index in [1.807, 2.05) is 0 Å². The first-order valence-electron chi connectivity index (χ1n) is 4.68. The summed E-state index contributed by atoms with van der Waals surface area (Å²) in [4.78, 5) is 19.8. The summed E-state index contributed by atoms with van der Waals surface area (Å²) in [6, 6.07) is 5.89. The zero-order chi connectivity index (χ0) is 13.3. The Bertz CT molecular complexity index is 577. The number of carbonyl (C=O) groups is 1. The summed E-state index contributed by atoms with van der Waals surface area (Å²) in [5, 5.41) is 0.436. The second kappa shape index (κ2) is 5.41. The van der Waals surface area contributed by atoms with Crippen LogP contribution < -0.4 is 0 Å². The molecule has 2 aromatic heterocycles. The molecule has 0 unspecified atom stereocenters. The van der Waals surface area contributed by atoms with Gasteiger partial charge in [-0.05, 0) is 24.3 Å². The number of hydrogen-bond acceptors (Lipinski definition) is 3. The molecule has 0 radical (unpaired) electrons. The fourth-order valence-electron chi connectivity index (χ4n) is 1.31. The molecule has 0 aliphatic heterocycles. The summed E-state index contributed by atoms with van der Waals surface area (Å²) < 4.78 is 0. The lowest BCUT2D eigenvalue weighted by Crippen LogP contribution is -2.05. The molecule has 3 nitrogen and oxygen atoms in total. The van der Waals surface area contributed by atoms with Crippen LogP contribution in [0.15, 0.2) is 24.3 Å². The Labute approximate surface area is 123 Å². The third kappa shape index (κ3) is 2.75. The highest BCUT2D eigenvalue weighted by Crippen LogP contribution is 2.24. The van der Waals surface area contributed by atoms with Gasteiger partial charge in [-0.3, -0.25) is 4.79 Å². The smallest absolute Gasteiger partial charge is 0.199 e. The maximum atomic E-state index is 12.2. The van der Waals surface area contributed by atoms with Gasteiger partial charge in [0.15, 0.2) is 5.78 Å². The Morgan fingerprint density at radius 3 is 1.50 bits per heavy atom. The highest BCUT2D eigenvalue weighted by Gasteiger charge is 2.17. The van der Waals surface area contributed by atoms with Crippen LogP contribution in [-0.4, -0.2) is 15.8 Å². The number of hydrogen-bond donors (Lipinski definition) is 0. The number of rotatable bonds is 2. The highest BCUT2D eigenvalue weighted by molar-refractivity contribution is 6.38. The van der Waals surface area contributed by atoms with Crippen molar-refractivity contribution in [1.82, 2.24) is 9.97 Å². The Morgan fingerprint density at radius 1 is 0.778 bits per heavy atom. The van der Waals surface area contributed by atoms with Crippen molar-refractivity contribution in [3.63, 3.8) is 0 Å². The molecular formula is C11H4Cl4N2O. The van der Waals surface area contributed by atoms with Gasteiger partial charge in [-0.1, -0.05) is 46.4 Å². The van der Waals surface area contributed by atoms with Gasteiger partial charge in [0, 0.05) is 0 Å². The summed E-state index contributed by atoms with van der Waals surface area (Å²) in [6.45, 7) is 0. The third-order valence-corrected chi connectivity index (χ3v) is 3.12. The molecule has 0 saturated carbocycles. The number of carbonyl (C=O) groups excluding carboxylic acids is 1. The number of pyridine rings is 2. The van der Waals surface area contributed by atoms with E-state index in [0.717, 1.165) is 0 Å². The molecule has 7 heteroatoms. The van der Waals surface area contributed by atoms with Crippen molar-refractivity contribution in [2.24, 2.45) is 0 Å². The highest BCUT2D eigenvalue weighted by atomic mass is 35.5. The summed E-state index contributed by atoms with van der Waals surface area (Å²) in [5.74, 6) is -0.390. The molecule has 2 aromatic rings. The quantitative estimate of drug-likeness (QED) is 0.611. The van der Waals surface area contributed by atoms with Gasteiger partial charge in [0.05, 0.1) is 11.1 Å². The number of ketones is 1. The second-order valence-electron chi connectivity index (χ2n) is 3.27. The van der Waals surface area contributed by atoms with E-state index in [1.54, 1.807) is 0 Å². The van der Waals surface area contributed by atoms with Gasteiger partial charge >= 0.3 is 0 Å². The van der Waals surface area contributed by atoms with Gasteiger partial charge in [-0.2, -0.15) is 0 Å². The van der Waals surface area contributed by atoms with Crippen LogP contribution in [0.3, 0.4) is 0 Å². The standard InChI is InChI=1S/C11H4Cl4N2O/c12-7-3-1-5(10(14)16-7)9(18)6-2-4-8(13)17-11(6)15/h1-4H. The predicted molar refractivity (Wildman–Crippen MR) is 71.9 cm³/mol. The van der Waals surface area contributed by atoms with E-state index >= 15 is 0 Å². The van der Waals surface area contributed by atoms with Gasteiger partial charge < -0.3 is 0 Å². The number of halogens is 4. The van der Waals surface area contributed by atoms with Crippen molar-refractivity contribution in [2.45, 2.75) is 0 Å². The molecule has 0 fully saturated rings. The van der Waals surface area contributed by atoms with E-state index in [4.69, 9.17) is 46.4 Å². The van der Waals surface area contributed by atoms with Crippen LogP contribution in [0, 0.1) is 0 Å². The lowest BCUT2D eigenvalue weighted by molar-refractivity contribution is 0.103. The summed E-state index contributed by atoms with van der Waals surface area (Å²) >= 11 is 23.0. The lowest BCUT2D eigenvalue weighted by Gasteiger charge is -2.05. The number of nitrogens with zero attached hydrogens (tertiary/aromatic N) is 2. The van der Waals surface area contributed by atoms with E-state index in [9.17, 15) is 4.79 Å². The van der Waals surface area contributed by atoms with E-state index in [0.29, 0.717) is 0 Å². The molecular weight excluding hydrogens is 318 g/mol. The monoisotopic (exact) mass is 320 g/mol. The van der Waals surface area contributed by atoms with Crippen molar-refractivity contribution in [3.05, 3.63) is 56.0 Å². The largest absolute Gasteiger partial charge is 0.288 e. The van der Waals surface area contributed by atoms with Crippen LogP contribution in [-0.2, 0) is 0 Å². The Kier molecular flexibility index (Phi) is 4.07. The minimum Gasteiger partial charge on any atom is -0.288 e. The molecule has 0 aliphatic rings. The van der Waals surface area contributed by atoms with Gasteiger partial charge in [-0.15, -0.1) is 0 Å². The fourth-order valence-corrected chi connectivity index (χ4v) is 2.17. The van der Waals surface area contributed by atoms with Crippen LogP contribution >= 0.6 is 46.4 Å². The first-order valence-corrected chi connectivity index (χ1v) is 6.19. The zero-order valence-electron chi connectivity index (χ0n) is 8.62. The van der Waals surface area contributed by atoms with Gasteiger partial charge in [0.2, 0.25) is 0 Å². The molecule has 0 aliphatic carbocycles. The van der Waals surface area contributed by atoms with E-state index in [1.165, 1.54) is 24.3 Å². The van der Waals surface area contributed by atoms with Gasteiger partial charge in [0.1, 0.15) is 20.6 Å². The topological polar surface area (TPSA) is 42.9 Å². The van der Waals surface area contributed by atoms with Gasteiger partial charge in [0.25, 0.3) is 0 Å². The summed E-state index contributed by atoms with van der Waals surface area (Å²) in [7, 11) is 0. The van der Waals surface area contributed by atoms with Gasteiger partial charge in [-0.25, -0.2) is 9.97 Å². The molecule has 0 spiro atoms. The molecule has 0 bridgehead atoms. The molecule has 0 atom stereocenters. The first kappa shape index (κ1) is 13.6. The fraction of sp³-hybridized carbons (Fsp3) is 0. The summed E-state index contributed by atoms with van der Waals surface area (Å²) in [5.41, 5.74) is 0.402. The molecule has 2 heterocycles. The predicted octanol–water partition coefficient (Wildman–Crippen LogP) is 4.32. The van der Waals surface area contributed by atoms with Crippen LogP contribution in [0.1, 0.15) is 15.9 Å². The average Bonchev–Trinajstić information content (AvgIpc) is 2.28. The third-order valence-electron chi connectivity index (χ3n) is 2.12. The van der Waals surface area contributed by atoms with Crippen molar-refractivity contribution in [3.8, 4) is 0 Å². The molecule has 0 saturated heterocycles. The van der Waals surface area contributed by atoms with Crippen LogP contribution in [0.5, 0.6) is 0 Å². The molecule has 0 aromatic carbocycles. The second-order valence-corrected chi connectivity index (χ2v) is 4.76. The Hall–Kier alpha value is -0.870. The summed E-state index contributed by atoms with van der Waals surface area (Å²) in [6.07, 6.45) is 0. The van der Waals surface area contributed by atoms with E-state index < -0.39 is 5.78 Å². The van der Waals surface area contributed by atoms with E-state index in [-0.39, 0.29) is 31.7 Å². The van der Waals surface area contributed by atoms with Crippen molar-refractivity contribution in [1.29, 1.82) is 0 Å². The first-order chi connectivity index (χ1) is 8.49. The normalized spacial score (nSPS) is 10.4. The minimum atomic E-state index is -0.390. The Balaban J connectivity index is 2.48. The maximum absolute atomic E-state index is 12.2. The molecule has 92 valence electrons. The molecule has 0 amide bonds. The molecule has 18 heavy (non-hydrogen) atoms. The van der Waals surface area contributed by atoms with Crippen LogP contribution in [0.25, 0.3) is 0 Å². The SMILES string of the molecule is O=C(c1ccc(Cl)nc1Cl)c1ccc(Cl)nc1Cl. The average molecular weight is 322 g/mol. The van der Waals surface area contributed by atoms with Crippen molar-refractivity contribution >= 4 is 52.2 Å².